The molecule has 0 amide bonds. The fourth-order valence-corrected chi connectivity index (χ4v) is 0.258. The third-order valence-electron chi connectivity index (χ3n) is 1.05. The molecule has 0 spiro atoms. The van der Waals surface area contributed by atoms with Crippen LogP contribution in [0.15, 0.2) is 12.3 Å². The van der Waals surface area contributed by atoms with E-state index in [1.54, 1.807) is 0 Å². The number of hydrogen-bond donors (Lipinski definition) is 1. The van der Waals surface area contributed by atoms with Gasteiger partial charge >= 0.3 is 6.16 Å². The van der Waals surface area contributed by atoms with Gasteiger partial charge in [-0.15, -0.1) is 0 Å². The Morgan fingerprint density at radius 3 is 2.00 bits per heavy atom. The van der Waals surface area contributed by atoms with E-state index in [-0.39, 0.29) is 11.2 Å². The predicted molar refractivity (Wildman–Crippen MR) is 37.7 cm³/mol. The fraction of sp³-hybridized carbons (Fsp3) is 0.571. The Hall–Kier alpha value is -0.990. The number of carboxylic acid groups (broad SMARTS) is 1. The highest BCUT2D eigenvalue weighted by Gasteiger charge is 2.18. The lowest BCUT2D eigenvalue weighted by molar-refractivity contribution is 0.102. The van der Waals surface area contributed by atoms with E-state index in [0.29, 0.717) is 0 Å². The van der Waals surface area contributed by atoms with Crippen LogP contribution in [0.2, 0.25) is 0 Å². The maximum absolute atomic E-state index is 9.97. The van der Waals surface area contributed by atoms with Crippen LogP contribution in [-0.4, -0.2) is 11.3 Å². The van der Waals surface area contributed by atoms with E-state index < -0.39 is 6.16 Å². The number of hydrogen-bond acceptors (Lipinski definition) is 2. The maximum Gasteiger partial charge on any atom is 0.511 e. The molecular formula is C7H12O3. The summed E-state index contributed by atoms with van der Waals surface area (Å²) in [5, 5.41) is 8.16. The highest BCUT2D eigenvalue weighted by atomic mass is 16.7. The van der Waals surface area contributed by atoms with Crippen LogP contribution in [-0.2, 0) is 4.74 Å². The van der Waals surface area contributed by atoms with Crippen molar-refractivity contribution in [1.82, 2.24) is 0 Å². The van der Waals surface area contributed by atoms with Gasteiger partial charge in [0.25, 0.3) is 0 Å². The highest BCUT2D eigenvalue weighted by Crippen LogP contribution is 2.23. The van der Waals surface area contributed by atoms with Gasteiger partial charge < -0.3 is 9.84 Å². The first kappa shape index (κ1) is 9.01. The molecule has 0 saturated carbocycles. The second-order valence-corrected chi connectivity index (χ2v) is 3.04. The summed E-state index contributed by atoms with van der Waals surface area (Å²) in [7, 11) is 0. The molecule has 0 atom stereocenters. The van der Waals surface area contributed by atoms with Gasteiger partial charge in [-0.25, -0.2) is 4.79 Å². The summed E-state index contributed by atoms with van der Waals surface area (Å²) in [5.74, 6) is 0.264. The van der Waals surface area contributed by atoms with Crippen LogP contribution in [0.5, 0.6) is 0 Å². The SMILES string of the molecule is C=C(OC(=O)O)C(C)(C)C. The van der Waals surface area contributed by atoms with Crippen LogP contribution in [0.4, 0.5) is 4.79 Å². The van der Waals surface area contributed by atoms with Gasteiger partial charge in [0.15, 0.2) is 0 Å². The molecule has 0 heterocycles. The molecule has 0 unspecified atom stereocenters. The molecule has 10 heavy (non-hydrogen) atoms. The molecule has 0 bridgehead atoms. The summed E-state index contributed by atoms with van der Waals surface area (Å²) in [6.07, 6.45) is -1.31. The van der Waals surface area contributed by atoms with E-state index in [2.05, 4.69) is 11.3 Å². The van der Waals surface area contributed by atoms with Gasteiger partial charge in [0, 0.05) is 5.41 Å². The van der Waals surface area contributed by atoms with Crippen molar-refractivity contribution in [2.75, 3.05) is 0 Å². The standard InChI is InChI=1S/C7H12O3/c1-5(7(2,3)4)10-6(8)9/h1H2,2-4H3,(H,8,9). The van der Waals surface area contributed by atoms with Crippen molar-refractivity contribution >= 4 is 6.16 Å². The first-order chi connectivity index (χ1) is 4.34. The van der Waals surface area contributed by atoms with Crippen molar-refractivity contribution in [1.29, 1.82) is 0 Å². The second-order valence-electron chi connectivity index (χ2n) is 3.04. The second kappa shape index (κ2) is 2.73. The highest BCUT2D eigenvalue weighted by molar-refractivity contribution is 5.58. The average Bonchev–Trinajstić information content (AvgIpc) is 1.60. The van der Waals surface area contributed by atoms with E-state index in [1.165, 1.54) is 0 Å². The molecule has 58 valence electrons. The molecule has 0 radical (unpaired) electrons. The number of ether oxygens (including phenoxy) is 1. The maximum atomic E-state index is 9.97. The Labute approximate surface area is 60.3 Å². The number of carbonyl (C=O) groups is 1. The van der Waals surface area contributed by atoms with E-state index in [4.69, 9.17) is 5.11 Å². The zero-order chi connectivity index (χ0) is 8.36. The van der Waals surface area contributed by atoms with Gasteiger partial charge in [0.1, 0.15) is 5.76 Å². The predicted octanol–water partition coefficient (Wildman–Crippen LogP) is 2.24. The summed E-state index contributed by atoms with van der Waals surface area (Å²) in [4.78, 5) is 9.97. The van der Waals surface area contributed by atoms with E-state index in [0.717, 1.165) is 0 Å². The van der Waals surface area contributed by atoms with Crippen LogP contribution in [0.25, 0.3) is 0 Å². The lowest BCUT2D eigenvalue weighted by Gasteiger charge is -2.18. The van der Waals surface area contributed by atoms with Gasteiger partial charge in [0.2, 0.25) is 0 Å². The van der Waals surface area contributed by atoms with Crippen molar-refractivity contribution in [2.45, 2.75) is 20.8 Å². The van der Waals surface area contributed by atoms with Crippen molar-refractivity contribution in [2.24, 2.45) is 5.41 Å². The quantitative estimate of drug-likeness (QED) is 0.453. The minimum atomic E-state index is -1.31. The lowest BCUT2D eigenvalue weighted by atomic mass is 9.95. The van der Waals surface area contributed by atoms with Crippen LogP contribution < -0.4 is 0 Å². The van der Waals surface area contributed by atoms with Crippen molar-refractivity contribution in [3.05, 3.63) is 12.3 Å². The van der Waals surface area contributed by atoms with E-state index in [1.807, 2.05) is 20.8 Å². The Bertz CT molecular complexity index is 153. The topological polar surface area (TPSA) is 46.5 Å². The fourth-order valence-electron chi connectivity index (χ4n) is 0.258. The Balaban J connectivity index is 3.99. The Morgan fingerprint density at radius 1 is 1.50 bits per heavy atom. The minimum Gasteiger partial charge on any atom is -0.449 e. The molecule has 0 aromatic rings. The zero-order valence-corrected chi connectivity index (χ0v) is 6.47. The van der Waals surface area contributed by atoms with Crippen LogP contribution in [0.1, 0.15) is 20.8 Å². The molecule has 0 aromatic carbocycles. The van der Waals surface area contributed by atoms with Gasteiger partial charge in [-0.1, -0.05) is 27.4 Å². The summed E-state index contributed by atoms with van der Waals surface area (Å²) in [6.45, 7) is 8.96. The third-order valence-corrected chi connectivity index (χ3v) is 1.05. The van der Waals surface area contributed by atoms with Crippen LogP contribution in [0, 0.1) is 5.41 Å². The lowest BCUT2D eigenvalue weighted by Crippen LogP contribution is -2.13. The molecular weight excluding hydrogens is 132 g/mol. The number of rotatable bonds is 1. The molecule has 0 rings (SSSR count). The smallest absolute Gasteiger partial charge is 0.449 e. The van der Waals surface area contributed by atoms with Gasteiger partial charge in [-0.3, -0.25) is 0 Å². The van der Waals surface area contributed by atoms with Crippen molar-refractivity contribution in [3.63, 3.8) is 0 Å². The molecule has 1 N–H and O–H groups in total. The van der Waals surface area contributed by atoms with Gasteiger partial charge in [-0.05, 0) is 0 Å². The summed E-state index contributed by atoms with van der Waals surface area (Å²) in [5.41, 5.74) is -0.307. The molecule has 0 aliphatic heterocycles. The van der Waals surface area contributed by atoms with Gasteiger partial charge in [-0.2, -0.15) is 0 Å². The molecule has 0 aliphatic carbocycles. The molecule has 0 aliphatic rings. The zero-order valence-electron chi connectivity index (χ0n) is 6.47. The minimum absolute atomic E-state index is 0.264. The first-order valence-corrected chi connectivity index (χ1v) is 2.94. The van der Waals surface area contributed by atoms with Gasteiger partial charge in [0.05, 0.1) is 0 Å². The van der Waals surface area contributed by atoms with Crippen LogP contribution >= 0.6 is 0 Å². The summed E-state index contributed by atoms with van der Waals surface area (Å²) < 4.78 is 4.34. The van der Waals surface area contributed by atoms with E-state index >= 15 is 0 Å². The number of allylic oxidation sites excluding steroid dienone is 1. The molecule has 0 aromatic heterocycles. The third kappa shape index (κ3) is 3.12. The van der Waals surface area contributed by atoms with Crippen LogP contribution in [0.3, 0.4) is 0 Å². The van der Waals surface area contributed by atoms with E-state index in [9.17, 15) is 4.79 Å². The average molecular weight is 144 g/mol. The first-order valence-electron chi connectivity index (χ1n) is 2.94. The van der Waals surface area contributed by atoms with Crippen molar-refractivity contribution in [3.8, 4) is 0 Å². The Kier molecular flexibility index (Phi) is 2.46. The molecule has 3 heteroatoms. The Morgan fingerprint density at radius 2 is 1.90 bits per heavy atom. The largest absolute Gasteiger partial charge is 0.511 e. The summed E-state index contributed by atoms with van der Waals surface area (Å²) >= 11 is 0. The monoisotopic (exact) mass is 144 g/mol. The summed E-state index contributed by atoms with van der Waals surface area (Å²) in [6, 6.07) is 0. The molecule has 0 saturated heterocycles. The normalized spacial score (nSPS) is 10.7. The molecule has 0 fully saturated rings. The molecule has 3 nitrogen and oxygen atoms in total. The van der Waals surface area contributed by atoms with Crippen molar-refractivity contribution < 1.29 is 14.6 Å².